The predicted molar refractivity (Wildman–Crippen MR) is 60.4 cm³/mol. The van der Waals surface area contributed by atoms with Crippen molar-refractivity contribution in [1.82, 2.24) is 9.88 Å². The second kappa shape index (κ2) is 5.25. The number of oxazole rings is 1. The Morgan fingerprint density at radius 3 is 3.25 bits per heavy atom. The van der Waals surface area contributed by atoms with E-state index in [-0.39, 0.29) is 0 Å². The molecule has 0 spiro atoms. The Morgan fingerprint density at radius 1 is 1.69 bits per heavy atom. The Morgan fingerprint density at radius 2 is 2.56 bits per heavy atom. The highest BCUT2D eigenvalue weighted by Crippen LogP contribution is 2.20. The average molecular weight is 222 g/mol. The van der Waals surface area contributed by atoms with Gasteiger partial charge in [0.05, 0.1) is 0 Å². The molecule has 0 bridgehead atoms. The molecule has 0 saturated carbocycles. The number of carbonyl (C=O) groups is 1. The van der Waals surface area contributed by atoms with Crippen LogP contribution >= 0.6 is 0 Å². The van der Waals surface area contributed by atoms with Crippen molar-refractivity contribution >= 4 is 6.29 Å². The average Bonchev–Trinajstić information content (AvgIpc) is 2.77. The van der Waals surface area contributed by atoms with Crippen molar-refractivity contribution in [3.63, 3.8) is 0 Å². The summed E-state index contributed by atoms with van der Waals surface area (Å²) in [5.41, 5.74) is 0.401. The normalized spacial score (nSPS) is 22.2. The molecule has 1 atom stereocenters. The first-order chi connectivity index (χ1) is 7.81. The van der Waals surface area contributed by atoms with E-state index in [0.29, 0.717) is 17.5 Å². The first kappa shape index (κ1) is 11.3. The number of carbonyl (C=O) groups excluding carboxylic acids is 1. The summed E-state index contributed by atoms with van der Waals surface area (Å²) in [6, 6.07) is 0. The van der Waals surface area contributed by atoms with E-state index in [9.17, 15) is 4.79 Å². The highest BCUT2D eigenvalue weighted by molar-refractivity contribution is 5.70. The van der Waals surface area contributed by atoms with Crippen molar-refractivity contribution in [2.24, 2.45) is 5.92 Å². The molecule has 4 heteroatoms. The van der Waals surface area contributed by atoms with E-state index in [2.05, 4.69) is 16.8 Å². The van der Waals surface area contributed by atoms with E-state index in [1.54, 1.807) is 0 Å². The standard InChI is InChI=1S/C12H18N2O2/c1-2-14-5-3-4-10(7-14)6-12-13-11(8-15)9-16-12/h8-10H,2-7H2,1H3. The summed E-state index contributed by atoms with van der Waals surface area (Å²) in [6.07, 6.45) is 5.49. The summed E-state index contributed by atoms with van der Waals surface area (Å²) < 4.78 is 5.27. The Labute approximate surface area is 95.6 Å². The third-order valence-electron chi connectivity index (χ3n) is 3.20. The fraction of sp³-hybridized carbons (Fsp3) is 0.667. The summed E-state index contributed by atoms with van der Waals surface area (Å²) in [5.74, 6) is 1.32. The van der Waals surface area contributed by atoms with Gasteiger partial charge >= 0.3 is 0 Å². The fourth-order valence-corrected chi connectivity index (χ4v) is 2.33. The summed E-state index contributed by atoms with van der Waals surface area (Å²) in [5, 5.41) is 0. The zero-order valence-electron chi connectivity index (χ0n) is 9.69. The van der Waals surface area contributed by atoms with Crippen molar-refractivity contribution in [2.75, 3.05) is 19.6 Å². The maximum absolute atomic E-state index is 10.5. The van der Waals surface area contributed by atoms with Gasteiger partial charge < -0.3 is 9.32 Å². The monoisotopic (exact) mass is 222 g/mol. The second-order valence-electron chi connectivity index (χ2n) is 4.39. The molecule has 2 rings (SSSR count). The lowest BCUT2D eigenvalue weighted by Gasteiger charge is -2.31. The van der Waals surface area contributed by atoms with Gasteiger partial charge in [-0.05, 0) is 31.8 Å². The van der Waals surface area contributed by atoms with E-state index in [1.807, 2.05) is 0 Å². The molecule has 0 radical (unpaired) electrons. The summed E-state index contributed by atoms with van der Waals surface area (Å²) in [7, 11) is 0. The number of likely N-dealkylation sites (tertiary alicyclic amines) is 1. The molecule has 4 nitrogen and oxygen atoms in total. The highest BCUT2D eigenvalue weighted by Gasteiger charge is 2.20. The van der Waals surface area contributed by atoms with Gasteiger partial charge in [-0.15, -0.1) is 0 Å². The number of aromatic nitrogens is 1. The quantitative estimate of drug-likeness (QED) is 0.728. The summed E-state index contributed by atoms with van der Waals surface area (Å²) in [4.78, 5) is 17.1. The Bertz CT molecular complexity index is 349. The van der Waals surface area contributed by atoms with Gasteiger partial charge in [0.1, 0.15) is 12.0 Å². The van der Waals surface area contributed by atoms with Crippen LogP contribution in [-0.2, 0) is 6.42 Å². The van der Waals surface area contributed by atoms with Crippen LogP contribution in [0.5, 0.6) is 0 Å². The number of hydrogen-bond donors (Lipinski definition) is 0. The minimum Gasteiger partial charge on any atom is -0.448 e. The minimum atomic E-state index is 0.401. The molecular formula is C12H18N2O2. The van der Waals surface area contributed by atoms with Crippen molar-refractivity contribution in [3.8, 4) is 0 Å². The molecule has 1 aliphatic heterocycles. The van der Waals surface area contributed by atoms with Crippen LogP contribution in [0.4, 0.5) is 0 Å². The Hall–Kier alpha value is -1.16. The Balaban J connectivity index is 1.91. The van der Waals surface area contributed by atoms with Crippen molar-refractivity contribution in [2.45, 2.75) is 26.2 Å². The van der Waals surface area contributed by atoms with Gasteiger partial charge in [0.25, 0.3) is 0 Å². The lowest BCUT2D eigenvalue weighted by molar-refractivity contribution is 0.111. The minimum absolute atomic E-state index is 0.401. The van der Waals surface area contributed by atoms with Gasteiger partial charge in [0, 0.05) is 13.0 Å². The molecule has 1 saturated heterocycles. The zero-order chi connectivity index (χ0) is 11.4. The summed E-state index contributed by atoms with van der Waals surface area (Å²) >= 11 is 0. The number of aldehydes is 1. The van der Waals surface area contributed by atoms with Crippen LogP contribution in [0.25, 0.3) is 0 Å². The smallest absolute Gasteiger partial charge is 0.194 e. The molecule has 0 amide bonds. The third-order valence-corrected chi connectivity index (χ3v) is 3.20. The largest absolute Gasteiger partial charge is 0.448 e. The van der Waals surface area contributed by atoms with Crippen LogP contribution in [0.15, 0.2) is 10.7 Å². The number of nitrogens with zero attached hydrogens (tertiary/aromatic N) is 2. The summed E-state index contributed by atoms with van der Waals surface area (Å²) in [6.45, 7) is 5.63. The fourth-order valence-electron chi connectivity index (χ4n) is 2.33. The number of rotatable bonds is 4. The SMILES string of the molecule is CCN1CCCC(Cc2nc(C=O)co2)C1. The van der Waals surface area contributed by atoms with Crippen LogP contribution in [0.1, 0.15) is 36.1 Å². The molecule has 0 aromatic carbocycles. The second-order valence-corrected chi connectivity index (χ2v) is 4.39. The lowest BCUT2D eigenvalue weighted by atomic mass is 9.95. The van der Waals surface area contributed by atoms with E-state index in [1.165, 1.54) is 25.6 Å². The van der Waals surface area contributed by atoms with Crippen LogP contribution in [-0.4, -0.2) is 35.8 Å². The van der Waals surface area contributed by atoms with Crippen LogP contribution in [0.2, 0.25) is 0 Å². The van der Waals surface area contributed by atoms with Crippen LogP contribution in [0, 0.1) is 5.92 Å². The maximum Gasteiger partial charge on any atom is 0.194 e. The number of hydrogen-bond acceptors (Lipinski definition) is 4. The topological polar surface area (TPSA) is 46.3 Å². The van der Waals surface area contributed by atoms with Gasteiger partial charge in [-0.3, -0.25) is 4.79 Å². The van der Waals surface area contributed by atoms with Crippen molar-refractivity contribution < 1.29 is 9.21 Å². The van der Waals surface area contributed by atoms with Crippen LogP contribution in [0.3, 0.4) is 0 Å². The molecule has 88 valence electrons. The van der Waals surface area contributed by atoms with E-state index in [0.717, 1.165) is 25.8 Å². The van der Waals surface area contributed by atoms with Gasteiger partial charge in [-0.2, -0.15) is 0 Å². The molecule has 1 aliphatic rings. The predicted octanol–water partition coefficient (Wildman–Crippen LogP) is 1.76. The van der Waals surface area contributed by atoms with Gasteiger partial charge in [0.2, 0.25) is 0 Å². The molecule has 1 aromatic heterocycles. The van der Waals surface area contributed by atoms with E-state index in [4.69, 9.17) is 4.42 Å². The van der Waals surface area contributed by atoms with Gasteiger partial charge in [0.15, 0.2) is 12.2 Å². The Kier molecular flexibility index (Phi) is 3.72. The molecular weight excluding hydrogens is 204 g/mol. The first-order valence-electron chi connectivity index (χ1n) is 5.93. The number of piperidine rings is 1. The molecule has 16 heavy (non-hydrogen) atoms. The molecule has 0 aliphatic carbocycles. The molecule has 0 N–H and O–H groups in total. The van der Waals surface area contributed by atoms with Crippen molar-refractivity contribution in [1.29, 1.82) is 0 Å². The first-order valence-corrected chi connectivity index (χ1v) is 5.93. The van der Waals surface area contributed by atoms with Gasteiger partial charge in [-0.1, -0.05) is 6.92 Å². The van der Waals surface area contributed by atoms with E-state index >= 15 is 0 Å². The van der Waals surface area contributed by atoms with Crippen LogP contribution < -0.4 is 0 Å². The maximum atomic E-state index is 10.5. The van der Waals surface area contributed by atoms with Gasteiger partial charge in [-0.25, -0.2) is 4.98 Å². The van der Waals surface area contributed by atoms with Crippen molar-refractivity contribution in [3.05, 3.63) is 17.8 Å². The molecule has 1 fully saturated rings. The van der Waals surface area contributed by atoms with E-state index < -0.39 is 0 Å². The third kappa shape index (κ3) is 2.70. The molecule has 1 aromatic rings. The molecule has 2 heterocycles. The lowest BCUT2D eigenvalue weighted by Crippen LogP contribution is -2.35. The zero-order valence-corrected chi connectivity index (χ0v) is 9.69. The highest BCUT2D eigenvalue weighted by atomic mass is 16.3. The molecule has 1 unspecified atom stereocenters.